The SMILES string of the molecule is CNC(=O)NC(=O)[C@@H](C)OC(=O)CSCc1cc(C(C)=O)ccc1OC. The molecule has 0 aliphatic heterocycles. The first-order valence-corrected chi connectivity index (χ1v) is 8.91. The molecule has 1 atom stereocenters. The lowest BCUT2D eigenvalue weighted by Gasteiger charge is -2.13. The normalized spacial score (nSPS) is 11.2. The van der Waals surface area contributed by atoms with Crippen LogP contribution in [0, 0.1) is 0 Å². The van der Waals surface area contributed by atoms with E-state index < -0.39 is 24.0 Å². The fraction of sp³-hybridized carbons (Fsp3) is 0.412. The van der Waals surface area contributed by atoms with Gasteiger partial charge >= 0.3 is 12.0 Å². The second-order valence-electron chi connectivity index (χ2n) is 5.28. The smallest absolute Gasteiger partial charge is 0.321 e. The number of benzene rings is 1. The molecular formula is C17H22N2O6S. The van der Waals surface area contributed by atoms with Gasteiger partial charge in [-0.3, -0.25) is 19.7 Å². The van der Waals surface area contributed by atoms with Crippen molar-refractivity contribution in [1.82, 2.24) is 10.6 Å². The molecule has 9 heteroatoms. The van der Waals surface area contributed by atoms with Crippen LogP contribution in [0.1, 0.15) is 29.8 Å². The summed E-state index contributed by atoms with van der Waals surface area (Å²) in [7, 11) is 2.89. The number of imide groups is 1. The quantitative estimate of drug-likeness (QED) is 0.518. The maximum absolute atomic E-state index is 11.8. The van der Waals surface area contributed by atoms with Crippen LogP contribution < -0.4 is 15.4 Å². The van der Waals surface area contributed by atoms with Gasteiger partial charge in [-0.05, 0) is 32.0 Å². The topological polar surface area (TPSA) is 111 Å². The first-order valence-electron chi connectivity index (χ1n) is 7.76. The first-order chi connectivity index (χ1) is 12.3. The van der Waals surface area contributed by atoms with E-state index >= 15 is 0 Å². The summed E-state index contributed by atoms with van der Waals surface area (Å²) in [4.78, 5) is 46.0. The van der Waals surface area contributed by atoms with Gasteiger partial charge in [0.1, 0.15) is 5.75 Å². The van der Waals surface area contributed by atoms with Crippen LogP contribution in [0.4, 0.5) is 4.79 Å². The van der Waals surface area contributed by atoms with E-state index in [9.17, 15) is 19.2 Å². The minimum atomic E-state index is -1.09. The van der Waals surface area contributed by atoms with Gasteiger partial charge in [-0.2, -0.15) is 0 Å². The third kappa shape index (κ3) is 6.75. The molecule has 26 heavy (non-hydrogen) atoms. The molecule has 0 aliphatic rings. The van der Waals surface area contributed by atoms with Gasteiger partial charge in [0.05, 0.1) is 12.9 Å². The molecule has 3 amide bonds. The Morgan fingerprint density at radius 2 is 1.92 bits per heavy atom. The molecule has 0 saturated carbocycles. The first kappa shape index (κ1) is 21.5. The lowest BCUT2D eigenvalue weighted by Crippen LogP contribution is -2.43. The highest BCUT2D eigenvalue weighted by Gasteiger charge is 2.19. The summed E-state index contributed by atoms with van der Waals surface area (Å²) >= 11 is 1.26. The minimum Gasteiger partial charge on any atom is -0.496 e. The van der Waals surface area contributed by atoms with Gasteiger partial charge in [-0.25, -0.2) is 4.79 Å². The summed E-state index contributed by atoms with van der Waals surface area (Å²) in [5, 5.41) is 4.26. The number of esters is 1. The monoisotopic (exact) mass is 382 g/mol. The van der Waals surface area contributed by atoms with Crippen LogP contribution in [0.3, 0.4) is 0 Å². The maximum atomic E-state index is 11.8. The van der Waals surface area contributed by atoms with Crippen molar-refractivity contribution in [3.8, 4) is 5.75 Å². The maximum Gasteiger partial charge on any atom is 0.321 e. The van der Waals surface area contributed by atoms with Gasteiger partial charge in [0.25, 0.3) is 5.91 Å². The zero-order valence-electron chi connectivity index (χ0n) is 15.1. The lowest BCUT2D eigenvalue weighted by molar-refractivity contribution is -0.151. The van der Waals surface area contributed by atoms with Crippen LogP contribution in [-0.2, 0) is 20.1 Å². The van der Waals surface area contributed by atoms with E-state index in [2.05, 4.69) is 5.32 Å². The second kappa shape index (κ2) is 10.4. The van der Waals surface area contributed by atoms with E-state index in [1.54, 1.807) is 18.2 Å². The molecule has 0 bridgehead atoms. The minimum absolute atomic E-state index is 0.00501. The summed E-state index contributed by atoms with van der Waals surface area (Å²) in [6.45, 7) is 2.85. The van der Waals surface area contributed by atoms with Crippen molar-refractivity contribution in [3.05, 3.63) is 29.3 Å². The van der Waals surface area contributed by atoms with Gasteiger partial charge in [0.15, 0.2) is 11.9 Å². The number of ether oxygens (including phenoxy) is 2. The van der Waals surface area contributed by atoms with Crippen LogP contribution >= 0.6 is 11.8 Å². The molecule has 0 unspecified atom stereocenters. The molecule has 0 heterocycles. The largest absolute Gasteiger partial charge is 0.496 e. The van der Waals surface area contributed by atoms with Crippen molar-refractivity contribution in [1.29, 1.82) is 0 Å². The van der Waals surface area contributed by atoms with E-state index in [0.717, 1.165) is 5.56 Å². The Morgan fingerprint density at radius 1 is 1.23 bits per heavy atom. The van der Waals surface area contributed by atoms with Crippen LogP contribution in [0.5, 0.6) is 5.75 Å². The van der Waals surface area contributed by atoms with Crippen LogP contribution in [0.25, 0.3) is 0 Å². The molecule has 0 fully saturated rings. The van der Waals surface area contributed by atoms with Crippen molar-refractivity contribution >= 4 is 35.5 Å². The summed E-state index contributed by atoms with van der Waals surface area (Å²) < 4.78 is 10.2. The Balaban J connectivity index is 2.53. The molecule has 0 aromatic heterocycles. The van der Waals surface area contributed by atoms with E-state index in [-0.39, 0.29) is 11.5 Å². The summed E-state index contributed by atoms with van der Waals surface area (Å²) in [5.74, 6) is -0.304. The standard InChI is InChI=1S/C17H22N2O6S/c1-10(20)12-5-6-14(24-4)13(7-12)8-26-9-15(21)25-11(2)16(22)19-17(23)18-3/h5-7,11H,8-9H2,1-4H3,(H2,18,19,22,23)/t11-/m1/s1. The Bertz CT molecular complexity index is 692. The number of carbonyl (C=O) groups excluding carboxylic acids is 4. The predicted molar refractivity (Wildman–Crippen MR) is 97.3 cm³/mol. The van der Waals surface area contributed by atoms with Crippen molar-refractivity contribution in [2.75, 3.05) is 19.9 Å². The Kier molecular flexibility index (Phi) is 8.63. The number of ketones is 1. The van der Waals surface area contributed by atoms with E-state index in [1.165, 1.54) is 39.8 Å². The highest BCUT2D eigenvalue weighted by Crippen LogP contribution is 2.25. The zero-order chi connectivity index (χ0) is 19.7. The number of carbonyl (C=O) groups is 4. The van der Waals surface area contributed by atoms with Gasteiger partial charge in [-0.15, -0.1) is 11.8 Å². The van der Waals surface area contributed by atoms with Gasteiger partial charge in [-0.1, -0.05) is 0 Å². The average molecular weight is 382 g/mol. The highest BCUT2D eigenvalue weighted by molar-refractivity contribution is 7.99. The highest BCUT2D eigenvalue weighted by atomic mass is 32.2. The van der Waals surface area contributed by atoms with Crippen molar-refractivity contribution in [2.24, 2.45) is 0 Å². The number of hydrogen-bond acceptors (Lipinski definition) is 7. The molecule has 8 nitrogen and oxygen atoms in total. The number of hydrogen-bond donors (Lipinski definition) is 2. The molecule has 0 aliphatic carbocycles. The third-order valence-corrected chi connectivity index (χ3v) is 4.26. The summed E-state index contributed by atoms with van der Waals surface area (Å²) in [6.07, 6.45) is -1.09. The fourth-order valence-corrected chi connectivity index (χ4v) is 2.70. The second-order valence-corrected chi connectivity index (χ2v) is 6.26. The summed E-state index contributed by atoms with van der Waals surface area (Å²) in [6, 6.07) is 4.43. The van der Waals surface area contributed by atoms with E-state index in [1.807, 2.05) is 5.32 Å². The molecule has 0 spiro atoms. The number of Topliss-reactive ketones (excluding diaryl/α,β-unsaturated/α-hetero) is 1. The van der Waals surface area contributed by atoms with Gasteiger partial charge in [0.2, 0.25) is 0 Å². The molecule has 0 saturated heterocycles. The number of nitrogens with one attached hydrogen (secondary N) is 2. The number of thioether (sulfide) groups is 1. The third-order valence-electron chi connectivity index (χ3n) is 3.31. The van der Waals surface area contributed by atoms with Crippen molar-refractivity contribution < 1.29 is 28.7 Å². The number of methoxy groups -OCH3 is 1. The van der Waals surface area contributed by atoms with Crippen molar-refractivity contribution in [2.45, 2.75) is 25.7 Å². The van der Waals surface area contributed by atoms with E-state index in [4.69, 9.17) is 9.47 Å². The molecule has 1 aromatic rings. The van der Waals surface area contributed by atoms with Crippen LogP contribution in [0.2, 0.25) is 0 Å². The van der Waals surface area contributed by atoms with Crippen molar-refractivity contribution in [3.63, 3.8) is 0 Å². The fourth-order valence-electron chi connectivity index (χ4n) is 1.92. The number of amides is 3. The predicted octanol–water partition coefficient (Wildman–Crippen LogP) is 1.52. The van der Waals surface area contributed by atoms with E-state index in [0.29, 0.717) is 17.1 Å². The Hall–Kier alpha value is -2.55. The molecule has 1 rings (SSSR count). The van der Waals surface area contributed by atoms with Crippen LogP contribution in [-0.4, -0.2) is 49.7 Å². The molecular weight excluding hydrogens is 360 g/mol. The average Bonchev–Trinajstić information content (AvgIpc) is 2.61. The molecule has 1 aromatic carbocycles. The van der Waals surface area contributed by atoms with Gasteiger partial charge < -0.3 is 14.8 Å². The number of rotatable bonds is 8. The van der Waals surface area contributed by atoms with Crippen LogP contribution in [0.15, 0.2) is 18.2 Å². The Labute approximate surface area is 156 Å². The molecule has 0 radical (unpaired) electrons. The zero-order valence-corrected chi connectivity index (χ0v) is 15.9. The summed E-state index contributed by atoms with van der Waals surface area (Å²) in [5.41, 5.74) is 1.34. The lowest BCUT2D eigenvalue weighted by atomic mass is 10.1. The number of urea groups is 1. The molecule has 2 N–H and O–H groups in total. The van der Waals surface area contributed by atoms with Gasteiger partial charge in [0, 0.05) is 23.9 Å². The Morgan fingerprint density at radius 3 is 2.50 bits per heavy atom. The molecule has 142 valence electrons.